The normalized spacial score (nSPS) is 13.6. The molecule has 0 saturated carbocycles. The van der Waals surface area contributed by atoms with Crippen LogP contribution in [-0.4, -0.2) is 33.1 Å². The number of carboxylic acid groups (broad SMARTS) is 1. The predicted octanol–water partition coefficient (Wildman–Crippen LogP) is 0.918. The van der Waals surface area contributed by atoms with Crippen LogP contribution >= 0.6 is 11.3 Å². The van der Waals surface area contributed by atoms with Gasteiger partial charge < -0.3 is 10.0 Å². The Morgan fingerprint density at radius 3 is 2.42 bits per heavy atom. The van der Waals surface area contributed by atoms with Crippen molar-refractivity contribution < 1.29 is 14.7 Å². The highest BCUT2D eigenvalue weighted by atomic mass is 32.1. The molecule has 1 aliphatic heterocycles. The number of hydrogen-bond acceptors (Lipinski definition) is 6. The van der Waals surface area contributed by atoms with Gasteiger partial charge in [0.05, 0.1) is 0 Å². The maximum Gasteiger partial charge on any atom is 0.340 e. The summed E-state index contributed by atoms with van der Waals surface area (Å²) in [4.78, 5) is 49.1. The second-order valence-corrected chi connectivity index (χ2v) is 7.02. The quantitative estimate of drug-likeness (QED) is 0.660. The summed E-state index contributed by atoms with van der Waals surface area (Å²) in [6, 6.07) is 8.80. The van der Waals surface area contributed by atoms with Crippen molar-refractivity contribution in [1.82, 2.24) is 9.58 Å². The monoisotopic (exact) mass is 371 g/mol. The van der Waals surface area contributed by atoms with Crippen molar-refractivity contribution in [3.8, 4) is 0 Å². The van der Waals surface area contributed by atoms with Crippen LogP contribution in [0.15, 0.2) is 39.9 Å². The molecular formula is C17H13N3O5S. The Hall–Kier alpha value is -3.20. The van der Waals surface area contributed by atoms with E-state index in [1.165, 1.54) is 11.3 Å². The van der Waals surface area contributed by atoms with Crippen molar-refractivity contribution in [2.24, 2.45) is 0 Å². The summed E-state index contributed by atoms with van der Waals surface area (Å²) in [6.45, 7) is 0.645. The fraction of sp³-hybridized carbons (Fsp3) is 0.176. The molecule has 0 bridgehead atoms. The first-order chi connectivity index (χ1) is 12.5. The number of rotatable bonds is 4. The number of carbonyl (C=O) groups excluding carboxylic acids is 1. The Balaban J connectivity index is 1.66. The highest BCUT2D eigenvalue weighted by Crippen LogP contribution is 2.37. The Labute approximate surface area is 150 Å². The summed E-state index contributed by atoms with van der Waals surface area (Å²) in [5, 5.41) is 9.82. The van der Waals surface area contributed by atoms with Gasteiger partial charge >= 0.3 is 17.1 Å². The van der Waals surface area contributed by atoms with Crippen molar-refractivity contribution in [2.75, 3.05) is 12.0 Å². The van der Waals surface area contributed by atoms with Gasteiger partial charge in [0.25, 0.3) is 5.91 Å². The smallest absolute Gasteiger partial charge is 0.340 e. The molecular weight excluding hydrogens is 358 g/mol. The van der Waals surface area contributed by atoms with Gasteiger partial charge in [0.1, 0.15) is 10.6 Å². The SMILES string of the molecule is O=C(O)c1c(Nn2c(=O)c2=O)sc2c1CN(C(=O)c1ccccc1)CC2. The van der Waals surface area contributed by atoms with Gasteiger partial charge in [-0.15, -0.1) is 11.3 Å². The van der Waals surface area contributed by atoms with E-state index in [-0.39, 0.29) is 23.0 Å². The van der Waals surface area contributed by atoms with E-state index < -0.39 is 17.1 Å². The Bertz CT molecular complexity index is 1070. The van der Waals surface area contributed by atoms with Crippen LogP contribution in [0.5, 0.6) is 0 Å². The van der Waals surface area contributed by atoms with Crippen LogP contribution in [0.1, 0.15) is 31.2 Å². The van der Waals surface area contributed by atoms with Crippen LogP contribution in [0.25, 0.3) is 0 Å². The molecule has 1 aliphatic rings. The van der Waals surface area contributed by atoms with Gasteiger partial charge in [-0.2, -0.15) is 4.68 Å². The lowest BCUT2D eigenvalue weighted by Crippen LogP contribution is -2.36. The van der Waals surface area contributed by atoms with Crippen LogP contribution in [0, 0.1) is 0 Å². The van der Waals surface area contributed by atoms with Crippen molar-refractivity contribution >= 4 is 28.2 Å². The number of carbonyl (C=O) groups is 2. The number of anilines is 1. The van der Waals surface area contributed by atoms with E-state index >= 15 is 0 Å². The summed E-state index contributed by atoms with van der Waals surface area (Å²) < 4.78 is 0.774. The molecule has 26 heavy (non-hydrogen) atoms. The van der Waals surface area contributed by atoms with Crippen molar-refractivity contribution in [1.29, 1.82) is 0 Å². The summed E-state index contributed by atoms with van der Waals surface area (Å²) in [6.07, 6.45) is 0.516. The van der Waals surface area contributed by atoms with E-state index in [1.54, 1.807) is 29.2 Å². The number of nitrogens with one attached hydrogen (secondary N) is 1. The van der Waals surface area contributed by atoms with Gasteiger partial charge in [-0.25, -0.2) is 4.79 Å². The van der Waals surface area contributed by atoms with Crippen LogP contribution in [0.3, 0.4) is 0 Å². The number of amides is 1. The summed E-state index contributed by atoms with van der Waals surface area (Å²) >= 11 is 1.20. The van der Waals surface area contributed by atoms with Crippen molar-refractivity contribution in [3.05, 3.63) is 72.6 Å². The summed E-state index contributed by atoms with van der Waals surface area (Å²) in [5.41, 5.74) is 2.26. The fourth-order valence-electron chi connectivity index (χ4n) is 2.97. The zero-order valence-corrected chi connectivity index (χ0v) is 14.2. The van der Waals surface area contributed by atoms with E-state index in [1.807, 2.05) is 6.07 Å². The third-order valence-corrected chi connectivity index (χ3v) is 5.52. The first kappa shape index (κ1) is 16.3. The van der Waals surface area contributed by atoms with Crippen LogP contribution < -0.4 is 16.5 Å². The van der Waals surface area contributed by atoms with Gasteiger partial charge in [0.2, 0.25) is 0 Å². The van der Waals surface area contributed by atoms with E-state index in [9.17, 15) is 24.3 Å². The third-order valence-electron chi connectivity index (χ3n) is 4.32. The number of nitrogens with zero attached hydrogens (tertiary/aromatic N) is 2. The summed E-state index contributed by atoms with van der Waals surface area (Å²) in [7, 11) is 0. The first-order valence-electron chi connectivity index (χ1n) is 7.84. The number of fused-ring (bicyclic) bond motifs is 1. The molecule has 0 unspecified atom stereocenters. The molecule has 0 radical (unpaired) electrons. The van der Waals surface area contributed by atoms with Crippen molar-refractivity contribution in [2.45, 2.75) is 13.0 Å². The lowest BCUT2D eigenvalue weighted by molar-refractivity contribution is 0.0680. The minimum atomic E-state index is -1.17. The topological polar surface area (TPSA) is 109 Å². The summed E-state index contributed by atoms with van der Waals surface area (Å²) in [5.74, 6) is -1.33. The van der Waals surface area contributed by atoms with E-state index in [0.717, 1.165) is 9.55 Å². The van der Waals surface area contributed by atoms with E-state index in [0.29, 0.717) is 24.1 Å². The standard InChI is InChI=1S/C17H13N3O5S/c21-14(9-4-2-1-3-5-9)19-7-6-11-10(8-19)12(17(24)25)13(26-11)18-20-15(22)16(20)23/h1-5,18H,6-8H2,(H,24,25). The first-order valence-corrected chi connectivity index (χ1v) is 8.66. The maximum absolute atomic E-state index is 12.6. The maximum atomic E-state index is 12.6. The number of carboxylic acids is 1. The molecule has 4 rings (SSSR count). The lowest BCUT2D eigenvalue weighted by Gasteiger charge is -2.27. The van der Waals surface area contributed by atoms with Gasteiger partial charge in [0, 0.05) is 29.1 Å². The fourth-order valence-corrected chi connectivity index (χ4v) is 4.15. The number of thiophene rings is 1. The molecule has 8 nitrogen and oxygen atoms in total. The molecule has 1 amide bonds. The average molecular weight is 371 g/mol. The Kier molecular flexibility index (Phi) is 3.73. The molecule has 3 heterocycles. The third kappa shape index (κ3) is 2.62. The zero-order chi connectivity index (χ0) is 18.4. The van der Waals surface area contributed by atoms with Crippen LogP contribution in [-0.2, 0) is 13.0 Å². The van der Waals surface area contributed by atoms with Crippen LogP contribution in [0.4, 0.5) is 5.00 Å². The molecule has 2 aromatic heterocycles. The minimum Gasteiger partial charge on any atom is -0.478 e. The Morgan fingerprint density at radius 1 is 1.12 bits per heavy atom. The minimum absolute atomic E-state index is 0.00283. The number of aromatic nitrogens is 1. The van der Waals surface area contributed by atoms with E-state index in [4.69, 9.17) is 0 Å². The lowest BCUT2D eigenvalue weighted by atomic mass is 10.0. The zero-order valence-electron chi connectivity index (χ0n) is 13.4. The molecule has 0 saturated heterocycles. The average Bonchev–Trinajstić information content (AvgIpc) is 3.06. The number of hydrogen-bond donors (Lipinski definition) is 2. The van der Waals surface area contributed by atoms with Crippen molar-refractivity contribution in [3.63, 3.8) is 0 Å². The Morgan fingerprint density at radius 2 is 1.81 bits per heavy atom. The number of benzene rings is 1. The molecule has 1 aromatic carbocycles. The van der Waals surface area contributed by atoms with E-state index in [2.05, 4.69) is 5.43 Å². The van der Waals surface area contributed by atoms with Gasteiger partial charge in [-0.1, -0.05) is 18.2 Å². The second kappa shape index (κ2) is 5.95. The van der Waals surface area contributed by atoms with Gasteiger partial charge in [-0.05, 0) is 18.6 Å². The molecule has 2 N–H and O–H groups in total. The highest BCUT2D eigenvalue weighted by molar-refractivity contribution is 7.16. The highest BCUT2D eigenvalue weighted by Gasteiger charge is 2.31. The van der Waals surface area contributed by atoms with Gasteiger partial charge in [-0.3, -0.25) is 19.8 Å². The molecule has 3 aromatic rings. The largest absolute Gasteiger partial charge is 0.478 e. The van der Waals surface area contributed by atoms with Crippen LogP contribution in [0.2, 0.25) is 0 Å². The predicted molar refractivity (Wildman–Crippen MR) is 94.5 cm³/mol. The molecule has 0 fully saturated rings. The molecule has 0 spiro atoms. The second-order valence-electron chi connectivity index (χ2n) is 5.91. The molecule has 9 heteroatoms. The number of aromatic carboxylic acids is 1. The molecule has 0 atom stereocenters. The molecule has 132 valence electrons. The molecule has 0 aliphatic carbocycles. The van der Waals surface area contributed by atoms with Gasteiger partial charge in [0.15, 0.2) is 0 Å².